The largest absolute Gasteiger partial charge is 0.127 e. The zero-order valence-corrected chi connectivity index (χ0v) is 15.8. The Morgan fingerprint density at radius 3 is 2.00 bits per heavy atom. The lowest BCUT2D eigenvalue weighted by molar-refractivity contribution is 0.313. The molecule has 0 nitrogen and oxygen atoms in total. The molecule has 0 aromatic heterocycles. The van der Waals surface area contributed by atoms with E-state index in [-0.39, 0.29) is 5.41 Å². The van der Waals surface area contributed by atoms with Gasteiger partial charge in [0, 0.05) is 11.3 Å². The van der Waals surface area contributed by atoms with Crippen LogP contribution >= 0.6 is 11.6 Å². The van der Waals surface area contributed by atoms with Crippen LogP contribution in [-0.4, -0.2) is 5.88 Å². The summed E-state index contributed by atoms with van der Waals surface area (Å²) in [5.74, 6) is 1.34. The van der Waals surface area contributed by atoms with Crippen LogP contribution in [0.4, 0.5) is 0 Å². The van der Waals surface area contributed by atoms with Crippen LogP contribution in [0.25, 0.3) is 0 Å². The SMILES string of the molecule is ClCCCCCC(c1ccccc1)(c1ccccc1)[C@@H]1C=CCCC1. The van der Waals surface area contributed by atoms with Gasteiger partial charge in [0.25, 0.3) is 0 Å². The molecule has 25 heavy (non-hydrogen) atoms. The highest BCUT2D eigenvalue weighted by molar-refractivity contribution is 6.17. The van der Waals surface area contributed by atoms with Crippen molar-refractivity contribution in [2.75, 3.05) is 5.88 Å². The number of alkyl halides is 1. The van der Waals surface area contributed by atoms with Crippen LogP contribution in [0.15, 0.2) is 72.8 Å². The Bertz CT molecular complexity index is 605. The minimum Gasteiger partial charge on any atom is -0.127 e. The van der Waals surface area contributed by atoms with E-state index in [2.05, 4.69) is 72.8 Å². The van der Waals surface area contributed by atoms with Gasteiger partial charge in [0.15, 0.2) is 0 Å². The fourth-order valence-corrected chi connectivity index (χ4v) is 4.63. The van der Waals surface area contributed by atoms with Gasteiger partial charge in [-0.05, 0) is 49.1 Å². The van der Waals surface area contributed by atoms with E-state index in [0.29, 0.717) is 5.92 Å². The first kappa shape index (κ1) is 18.3. The Labute approximate surface area is 157 Å². The number of halogens is 1. The summed E-state index contributed by atoms with van der Waals surface area (Å²) in [5.41, 5.74) is 3.00. The quantitative estimate of drug-likeness (QED) is 0.269. The van der Waals surface area contributed by atoms with E-state index in [1.165, 1.54) is 49.7 Å². The molecule has 3 rings (SSSR count). The smallest absolute Gasteiger partial charge is 0.0265 e. The van der Waals surface area contributed by atoms with E-state index in [1.807, 2.05) is 0 Å². The molecule has 132 valence electrons. The lowest BCUT2D eigenvalue weighted by Crippen LogP contribution is -2.36. The number of benzene rings is 2. The second-order valence-electron chi connectivity index (χ2n) is 7.17. The third kappa shape index (κ3) is 4.18. The average Bonchev–Trinajstić information content (AvgIpc) is 2.70. The summed E-state index contributed by atoms with van der Waals surface area (Å²) in [6, 6.07) is 22.3. The van der Waals surface area contributed by atoms with Gasteiger partial charge >= 0.3 is 0 Å². The minimum absolute atomic E-state index is 0.0752. The van der Waals surface area contributed by atoms with E-state index >= 15 is 0 Å². The predicted octanol–water partition coefficient (Wildman–Crippen LogP) is 7.13. The maximum atomic E-state index is 5.92. The van der Waals surface area contributed by atoms with Crippen LogP contribution in [0.5, 0.6) is 0 Å². The molecular weight excluding hydrogens is 324 g/mol. The summed E-state index contributed by atoms with van der Waals surface area (Å²) in [7, 11) is 0. The van der Waals surface area contributed by atoms with Crippen LogP contribution in [-0.2, 0) is 5.41 Å². The summed E-state index contributed by atoms with van der Waals surface area (Å²) < 4.78 is 0. The third-order valence-electron chi connectivity index (χ3n) is 5.67. The molecule has 1 heteroatoms. The van der Waals surface area contributed by atoms with Crippen molar-refractivity contribution in [3.8, 4) is 0 Å². The summed E-state index contributed by atoms with van der Waals surface area (Å²) in [5, 5.41) is 0. The summed E-state index contributed by atoms with van der Waals surface area (Å²) in [6.45, 7) is 0. The molecule has 2 aromatic carbocycles. The van der Waals surface area contributed by atoms with Crippen molar-refractivity contribution in [1.29, 1.82) is 0 Å². The van der Waals surface area contributed by atoms with Crippen molar-refractivity contribution in [2.45, 2.75) is 50.4 Å². The number of unbranched alkanes of at least 4 members (excludes halogenated alkanes) is 2. The Hall–Kier alpha value is -1.53. The second-order valence-corrected chi connectivity index (χ2v) is 7.55. The van der Waals surface area contributed by atoms with E-state index in [1.54, 1.807) is 0 Å². The summed E-state index contributed by atoms with van der Waals surface area (Å²) in [4.78, 5) is 0. The first-order valence-electron chi connectivity index (χ1n) is 9.71. The lowest BCUT2D eigenvalue weighted by atomic mass is 9.61. The van der Waals surface area contributed by atoms with E-state index in [4.69, 9.17) is 11.6 Å². The Kier molecular flexibility index (Phi) is 6.76. The van der Waals surface area contributed by atoms with Gasteiger partial charge in [0.1, 0.15) is 0 Å². The molecular formula is C24H29Cl. The zero-order chi connectivity index (χ0) is 17.4. The van der Waals surface area contributed by atoms with Gasteiger partial charge in [0.05, 0.1) is 0 Å². The first-order valence-corrected chi connectivity index (χ1v) is 10.2. The number of rotatable bonds is 8. The second kappa shape index (κ2) is 9.25. The monoisotopic (exact) mass is 352 g/mol. The van der Waals surface area contributed by atoms with Gasteiger partial charge < -0.3 is 0 Å². The van der Waals surface area contributed by atoms with Crippen molar-refractivity contribution < 1.29 is 0 Å². The molecule has 1 aliphatic carbocycles. The normalized spacial score (nSPS) is 17.6. The topological polar surface area (TPSA) is 0 Å². The Morgan fingerprint density at radius 2 is 1.48 bits per heavy atom. The van der Waals surface area contributed by atoms with Crippen LogP contribution in [0.3, 0.4) is 0 Å². The van der Waals surface area contributed by atoms with Gasteiger partial charge in [-0.15, -0.1) is 11.6 Å². The molecule has 1 atom stereocenters. The molecule has 2 aromatic rings. The molecule has 0 aliphatic heterocycles. The van der Waals surface area contributed by atoms with E-state index in [0.717, 1.165) is 12.3 Å². The summed E-state index contributed by atoms with van der Waals surface area (Å²) >= 11 is 5.92. The van der Waals surface area contributed by atoms with Crippen LogP contribution in [0, 0.1) is 5.92 Å². The van der Waals surface area contributed by atoms with Crippen molar-refractivity contribution in [2.24, 2.45) is 5.92 Å². The third-order valence-corrected chi connectivity index (χ3v) is 5.94. The Balaban J connectivity index is 2.05. The molecule has 0 bridgehead atoms. The Morgan fingerprint density at radius 1 is 0.840 bits per heavy atom. The zero-order valence-electron chi connectivity index (χ0n) is 15.0. The molecule has 0 spiro atoms. The molecule has 0 unspecified atom stereocenters. The van der Waals surface area contributed by atoms with Gasteiger partial charge in [-0.1, -0.05) is 85.7 Å². The molecule has 0 heterocycles. The van der Waals surface area contributed by atoms with Crippen molar-refractivity contribution >= 4 is 11.6 Å². The van der Waals surface area contributed by atoms with Gasteiger partial charge in [0.2, 0.25) is 0 Å². The molecule has 0 fully saturated rings. The average molecular weight is 353 g/mol. The van der Waals surface area contributed by atoms with E-state index < -0.39 is 0 Å². The van der Waals surface area contributed by atoms with Gasteiger partial charge in [-0.2, -0.15) is 0 Å². The highest BCUT2D eigenvalue weighted by Gasteiger charge is 2.40. The lowest BCUT2D eigenvalue weighted by Gasteiger charge is -2.42. The van der Waals surface area contributed by atoms with Gasteiger partial charge in [-0.25, -0.2) is 0 Å². The fraction of sp³-hybridized carbons (Fsp3) is 0.417. The molecule has 0 amide bonds. The maximum Gasteiger partial charge on any atom is 0.0265 e. The predicted molar refractivity (Wildman–Crippen MR) is 109 cm³/mol. The number of hydrogen-bond donors (Lipinski definition) is 0. The number of allylic oxidation sites excluding steroid dienone is 2. The molecule has 0 saturated carbocycles. The van der Waals surface area contributed by atoms with Gasteiger partial charge in [-0.3, -0.25) is 0 Å². The molecule has 0 N–H and O–H groups in total. The fourth-order valence-electron chi connectivity index (χ4n) is 4.44. The molecule has 1 aliphatic rings. The van der Waals surface area contributed by atoms with Crippen LogP contribution in [0.1, 0.15) is 56.1 Å². The standard InChI is InChI=1S/C24H29Cl/c25-20-12-4-11-19-24(21-13-5-1-6-14-21,22-15-7-2-8-16-22)23-17-9-3-10-18-23/h1-2,5-9,13-17,23H,3-4,10-12,18-20H2/t23-/m1/s1. The van der Waals surface area contributed by atoms with Crippen LogP contribution in [0.2, 0.25) is 0 Å². The summed E-state index contributed by atoms with van der Waals surface area (Å²) in [6.07, 6.45) is 13.4. The van der Waals surface area contributed by atoms with E-state index in [9.17, 15) is 0 Å². The highest BCUT2D eigenvalue weighted by atomic mass is 35.5. The van der Waals surface area contributed by atoms with Crippen LogP contribution < -0.4 is 0 Å². The van der Waals surface area contributed by atoms with Crippen molar-refractivity contribution in [1.82, 2.24) is 0 Å². The maximum absolute atomic E-state index is 5.92. The molecule has 0 saturated heterocycles. The first-order chi connectivity index (χ1) is 12.4. The minimum atomic E-state index is 0.0752. The van der Waals surface area contributed by atoms with Crippen molar-refractivity contribution in [3.05, 3.63) is 83.9 Å². The molecule has 0 radical (unpaired) electrons. The van der Waals surface area contributed by atoms with Crippen molar-refractivity contribution in [3.63, 3.8) is 0 Å². The number of hydrogen-bond acceptors (Lipinski definition) is 0. The highest BCUT2D eigenvalue weighted by Crippen LogP contribution is 2.47.